The number of nitrogens with one attached hydrogen (secondary N) is 1. The van der Waals surface area contributed by atoms with Crippen LogP contribution in [0.4, 0.5) is 5.82 Å². The lowest BCUT2D eigenvalue weighted by atomic mass is 9.74. The van der Waals surface area contributed by atoms with Gasteiger partial charge in [-0.2, -0.15) is 5.26 Å². The molecule has 0 bridgehead atoms. The molecular weight excluding hydrogens is 366 g/mol. The van der Waals surface area contributed by atoms with E-state index in [1.165, 1.54) is 5.56 Å². The first kappa shape index (κ1) is 16.9. The summed E-state index contributed by atoms with van der Waals surface area (Å²) in [6.45, 7) is 2.35. The van der Waals surface area contributed by atoms with E-state index >= 15 is 0 Å². The maximum atomic E-state index is 8.83. The minimum absolute atomic E-state index is 0.0367. The largest absolute Gasteiger partial charge is 0.381 e. The molecule has 5 heteroatoms. The molecule has 1 aromatic carbocycles. The zero-order valence-electron chi connectivity index (χ0n) is 13.5. The third kappa shape index (κ3) is 3.95. The van der Waals surface area contributed by atoms with E-state index in [0.29, 0.717) is 6.42 Å². The first-order chi connectivity index (χ1) is 11.7. The van der Waals surface area contributed by atoms with E-state index in [1.54, 1.807) is 0 Å². The van der Waals surface area contributed by atoms with Crippen molar-refractivity contribution >= 4 is 21.7 Å². The maximum Gasteiger partial charge on any atom is 0.126 e. The Morgan fingerprint density at radius 2 is 2.00 bits per heavy atom. The second-order valence-electron chi connectivity index (χ2n) is 6.11. The highest BCUT2D eigenvalue weighted by Gasteiger charge is 2.34. The van der Waals surface area contributed by atoms with Gasteiger partial charge in [0.2, 0.25) is 0 Å². The first-order valence-corrected chi connectivity index (χ1v) is 8.92. The molecule has 124 valence electrons. The number of anilines is 1. The molecule has 0 saturated carbocycles. The van der Waals surface area contributed by atoms with E-state index in [4.69, 9.17) is 10.00 Å². The summed E-state index contributed by atoms with van der Waals surface area (Å²) in [5, 5.41) is 12.3. The topological polar surface area (TPSA) is 57.9 Å². The molecule has 0 spiro atoms. The molecule has 0 aliphatic carbocycles. The van der Waals surface area contributed by atoms with Gasteiger partial charge >= 0.3 is 0 Å². The summed E-state index contributed by atoms with van der Waals surface area (Å²) in [5.41, 5.74) is 2.15. The van der Waals surface area contributed by atoms with Crippen LogP contribution in [0, 0.1) is 11.3 Å². The Hall–Kier alpha value is -1.90. The van der Waals surface area contributed by atoms with Crippen molar-refractivity contribution < 1.29 is 4.74 Å². The number of hydrogen-bond donors (Lipinski definition) is 1. The normalized spacial score (nSPS) is 16.3. The maximum absolute atomic E-state index is 8.83. The molecule has 0 atom stereocenters. The van der Waals surface area contributed by atoms with Crippen LogP contribution in [0.5, 0.6) is 0 Å². The lowest BCUT2D eigenvalue weighted by Gasteiger charge is -2.38. The molecule has 1 saturated heterocycles. The number of nitriles is 1. The monoisotopic (exact) mass is 385 g/mol. The lowest BCUT2D eigenvalue weighted by Crippen LogP contribution is -2.40. The smallest absolute Gasteiger partial charge is 0.126 e. The van der Waals surface area contributed by atoms with Gasteiger partial charge in [0.25, 0.3) is 0 Å². The van der Waals surface area contributed by atoms with Gasteiger partial charge in [0.05, 0.1) is 18.2 Å². The van der Waals surface area contributed by atoms with Crippen LogP contribution < -0.4 is 5.32 Å². The molecule has 1 aliphatic heterocycles. The van der Waals surface area contributed by atoms with Crippen LogP contribution in [-0.4, -0.2) is 24.7 Å². The van der Waals surface area contributed by atoms with Crippen molar-refractivity contribution in [3.05, 3.63) is 58.2 Å². The van der Waals surface area contributed by atoms with Gasteiger partial charge in [0, 0.05) is 29.6 Å². The molecule has 2 aromatic rings. The Morgan fingerprint density at radius 1 is 1.21 bits per heavy atom. The standard InChI is InChI=1S/C19H20BrN3O/c20-16-4-1-3-15(13-16)19(8-11-24-12-9-19)14-22-18-6-2-5-17(23-18)7-10-21/h1-6,13H,7-9,11-12,14H2,(H,22,23). The fourth-order valence-electron chi connectivity index (χ4n) is 3.17. The summed E-state index contributed by atoms with van der Waals surface area (Å²) in [6, 6.07) is 16.5. The van der Waals surface area contributed by atoms with Gasteiger partial charge in [-0.1, -0.05) is 34.1 Å². The SMILES string of the molecule is N#CCc1cccc(NCC2(c3cccc(Br)c3)CCOCC2)n1. The Labute approximate surface area is 151 Å². The third-order valence-electron chi connectivity index (χ3n) is 4.56. The fraction of sp³-hybridized carbons (Fsp3) is 0.368. The van der Waals surface area contributed by atoms with E-state index in [-0.39, 0.29) is 5.41 Å². The summed E-state index contributed by atoms with van der Waals surface area (Å²) in [6.07, 6.45) is 2.29. The van der Waals surface area contributed by atoms with Gasteiger partial charge in [-0.15, -0.1) is 0 Å². The average Bonchev–Trinajstić information content (AvgIpc) is 2.62. The summed E-state index contributed by atoms with van der Waals surface area (Å²) in [4.78, 5) is 4.52. The van der Waals surface area contributed by atoms with E-state index in [9.17, 15) is 0 Å². The van der Waals surface area contributed by atoms with Crippen molar-refractivity contribution in [3.63, 3.8) is 0 Å². The summed E-state index contributed by atoms with van der Waals surface area (Å²) in [7, 11) is 0. The van der Waals surface area contributed by atoms with Crippen LogP contribution in [-0.2, 0) is 16.6 Å². The van der Waals surface area contributed by atoms with Crippen molar-refractivity contribution in [1.82, 2.24) is 4.98 Å². The van der Waals surface area contributed by atoms with E-state index in [0.717, 1.165) is 48.6 Å². The molecular formula is C19H20BrN3O. The first-order valence-electron chi connectivity index (χ1n) is 8.12. The van der Waals surface area contributed by atoms with Crippen LogP contribution in [0.25, 0.3) is 0 Å². The van der Waals surface area contributed by atoms with Crippen molar-refractivity contribution in [2.24, 2.45) is 0 Å². The summed E-state index contributed by atoms with van der Waals surface area (Å²) in [5.74, 6) is 0.823. The molecule has 3 rings (SSSR count). The number of hydrogen-bond acceptors (Lipinski definition) is 4. The molecule has 4 nitrogen and oxygen atoms in total. The van der Waals surface area contributed by atoms with Gasteiger partial charge in [0.1, 0.15) is 5.82 Å². The molecule has 1 aromatic heterocycles. The molecule has 0 unspecified atom stereocenters. The number of halogens is 1. The van der Waals surface area contributed by atoms with Crippen LogP contribution in [0.2, 0.25) is 0 Å². The van der Waals surface area contributed by atoms with Crippen LogP contribution in [0.15, 0.2) is 46.9 Å². The predicted octanol–water partition coefficient (Wildman–Crippen LogP) is 4.07. The molecule has 24 heavy (non-hydrogen) atoms. The second kappa shape index (κ2) is 7.78. The van der Waals surface area contributed by atoms with E-state index in [1.807, 2.05) is 18.2 Å². The highest BCUT2D eigenvalue weighted by Crippen LogP contribution is 2.36. The van der Waals surface area contributed by atoms with Crippen molar-refractivity contribution in [2.75, 3.05) is 25.1 Å². The Morgan fingerprint density at radius 3 is 2.75 bits per heavy atom. The summed E-state index contributed by atoms with van der Waals surface area (Å²) < 4.78 is 6.69. The second-order valence-corrected chi connectivity index (χ2v) is 7.02. The minimum atomic E-state index is 0.0367. The molecule has 2 heterocycles. The van der Waals surface area contributed by atoms with E-state index in [2.05, 4.69) is 56.6 Å². The van der Waals surface area contributed by atoms with Gasteiger partial charge in [-0.25, -0.2) is 4.98 Å². The quantitative estimate of drug-likeness (QED) is 0.842. The molecule has 1 fully saturated rings. The van der Waals surface area contributed by atoms with E-state index < -0.39 is 0 Å². The number of benzene rings is 1. The Bertz CT molecular complexity index is 735. The number of ether oxygens (including phenoxy) is 1. The van der Waals surface area contributed by atoms with Crippen LogP contribution in [0.3, 0.4) is 0 Å². The highest BCUT2D eigenvalue weighted by atomic mass is 79.9. The predicted molar refractivity (Wildman–Crippen MR) is 97.9 cm³/mol. The van der Waals surface area contributed by atoms with Gasteiger partial charge < -0.3 is 10.1 Å². The number of aromatic nitrogens is 1. The van der Waals surface area contributed by atoms with Gasteiger partial charge in [-0.3, -0.25) is 0 Å². The van der Waals surface area contributed by atoms with Gasteiger partial charge in [-0.05, 0) is 42.7 Å². The van der Waals surface area contributed by atoms with Crippen molar-refractivity contribution in [3.8, 4) is 6.07 Å². The minimum Gasteiger partial charge on any atom is -0.381 e. The van der Waals surface area contributed by atoms with Crippen LogP contribution in [0.1, 0.15) is 24.1 Å². The molecule has 1 N–H and O–H groups in total. The molecule has 0 radical (unpaired) electrons. The fourth-order valence-corrected chi connectivity index (χ4v) is 3.56. The number of nitrogens with zero attached hydrogens (tertiary/aromatic N) is 2. The van der Waals surface area contributed by atoms with Gasteiger partial charge in [0.15, 0.2) is 0 Å². The molecule has 0 amide bonds. The third-order valence-corrected chi connectivity index (χ3v) is 5.05. The summed E-state index contributed by atoms with van der Waals surface area (Å²) >= 11 is 3.58. The zero-order chi connectivity index (χ0) is 16.8. The highest BCUT2D eigenvalue weighted by molar-refractivity contribution is 9.10. The lowest BCUT2D eigenvalue weighted by molar-refractivity contribution is 0.0543. The number of pyridine rings is 1. The van der Waals surface area contributed by atoms with Crippen molar-refractivity contribution in [1.29, 1.82) is 5.26 Å². The van der Waals surface area contributed by atoms with Crippen LogP contribution >= 0.6 is 15.9 Å². The number of rotatable bonds is 5. The van der Waals surface area contributed by atoms with Crippen molar-refractivity contribution in [2.45, 2.75) is 24.7 Å². The Balaban J connectivity index is 1.80. The average molecular weight is 386 g/mol. The Kier molecular flexibility index (Phi) is 5.49. The molecule has 1 aliphatic rings. The zero-order valence-corrected chi connectivity index (χ0v) is 15.1.